The molecule has 5 N–H and O–H groups in total. The van der Waals surface area contributed by atoms with Crippen LogP contribution >= 0.6 is 11.3 Å². The fourth-order valence-corrected chi connectivity index (χ4v) is 4.76. The smallest absolute Gasteiger partial charge is 0.271 e. The van der Waals surface area contributed by atoms with Gasteiger partial charge in [-0.2, -0.15) is 0 Å². The second kappa shape index (κ2) is 12.5. The highest BCUT2D eigenvalue weighted by Crippen LogP contribution is 2.19. The lowest BCUT2D eigenvalue weighted by molar-refractivity contribution is -0.131. The van der Waals surface area contributed by atoms with Crippen molar-refractivity contribution in [2.75, 3.05) is 17.5 Å². The standard InChI is InChI=1S/C22H30F2N4O6S2/c1-11(2)9-25-20(31)12(3)18(29)19(30)16(7-13-5-14(23)8-15(24)6-13)26-21(32)17-10-35-22(27-17)28-36(4,33)34/h5-6,8,10-12,16,18-19,29-30H,7,9H2,1-4H3,(H,25,31)(H,26,32)(H,27,28). The van der Waals surface area contributed by atoms with Crippen molar-refractivity contribution in [3.63, 3.8) is 0 Å². The number of halogens is 2. The van der Waals surface area contributed by atoms with E-state index in [4.69, 9.17) is 0 Å². The Hall–Kier alpha value is -2.68. The Bertz CT molecular complexity index is 1150. The number of carbonyl (C=O) groups excluding carboxylic acids is 2. The van der Waals surface area contributed by atoms with Crippen LogP contribution in [0.5, 0.6) is 0 Å². The van der Waals surface area contributed by atoms with Crippen LogP contribution in [0, 0.1) is 23.5 Å². The number of aliphatic hydroxyl groups is 2. The molecule has 0 bridgehead atoms. The highest BCUT2D eigenvalue weighted by Gasteiger charge is 2.35. The Kier molecular flexibility index (Phi) is 10.3. The predicted molar refractivity (Wildman–Crippen MR) is 131 cm³/mol. The number of thiazole rings is 1. The minimum atomic E-state index is -3.63. The molecule has 0 spiro atoms. The number of hydrogen-bond donors (Lipinski definition) is 5. The number of sulfonamides is 1. The number of carbonyl (C=O) groups is 2. The highest BCUT2D eigenvalue weighted by atomic mass is 32.2. The maximum Gasteiger partial charge on any atom is 0.271 e. The number of rotatable bonds is 12. The van der Waals surface area contributed by atoms with E-state index in [1.807, 2.05) is 13.8 Å². The second-order valence-corrected chi connectivity index (χ2v) is 11.5. The summed E-state index contributed by atoms with van der Waals surface area (Å²) < 4.78 is 52.4. The van der Waals surface area contributed by atoms with Gasteiger partial charge in [-0.05, 0) is 30.0 Å². The Morgan fingerprint density at radius 2 is 1.69 bits per heavy atom. The van der Waals surface area contributed by atoms with E-state index in [0.29, 0.717) is 12.6 Å². The molecule has 36 heavy (non-hydrogen) atoms. The Morgan fingerprint density at radius 3 is 2.25 bits per heavy atom. The van der Waals surface area contributed by atoms with Gasteiger partial charge in [0.15, 0.2) is 5.13 Å². The Balaban J connectivity index is 2.26. The van der Waals surface area contributed by atoms with E-state index < -0.39 is 57.6 Å². The fraction of sp³-hybridized carbons (Fsp3) is 0.500. The van der Waals surface area contributed by atoms with Crippen LogP contribution in [0.2, 0.25) is 0 Å². The van der Waals surface area contributed by atoms with Gasteiger partial charge >= 0.3 is 0 Å². The topological polar surface area (TPSA) is 158 Å². The van der Waals surface area contributed by atoms with Gasteiger partial charge in [-0.25, -0.2) is 22.2 Å². The minimum absolute atomic E-state index is 0.0672. The minimum Gasteiger partial charge on any atom is -0.390 e. The molecule has 0 aliphatic heterocycles. The number of aromatic nitrogens is 1. The summed E-state index contributed by atoms with van der Waals surface area (Å²) in [5.74, 6) is -4.03. The van der Waals surface area contributed by atoms with E-state index >= 15 is 0 Å². The van der Waals surface area contributed by atoms with Crippen LogP contribution < -0.4 is 15.4 Å². The van der Waals surface area contributed by atoms with Crippen molar-refractivity contribution in [2.24, 2.45) is 11.8 Å². The summed E-state index contributed by atoms with van der Waals surface area (Å²) >= 11 is 0.845. The second-order valence-electron chi connectivity index (χ2n) is 8.88. The lowest BCUT2D eigenvalue weighted by atomic mass is 9.90. The van der Waals surface area contributed by atoms with Crippen LogP contribution in [0.3, 0.4) is 0 Å². The van der Waals surface area contributed by atoms with Gasteiger partial charge in [0.05, 0.1) is 24.3 Å². The molecule has 4 unspecified atom stereocenters. The van der Waals surface area contributed by atoms with Crippen LogP contribution in [0.15, 0.2) is 23.6 Å². The Morgan fingerprint density at radius 1 is 1.08 bits per heavy atom. The molecule has 1 aromatic carbocycles. The third-order valence-electron chi connectivity index (χ3n) is 5.08. The van der Waals surface area contributed by atoms with Crippen molar-refractivity contribution in [1.29, 1.82) is 0 Å². The first kappa shape index (κ1) is 29.5. The molecule has 0 aliphatic rings. The van der Waals surface area contributed by atoms with E-state index in [1.165, 1.54) is 12.3 Å². The number of nitrogens with zero attached hydrogens (tertiary/aromatic N) is 1. The van der Waals surface area contributed by atoms with Gasteiger partial charge in [0, 0.05) is 18.0 Å². The predicted octanol–water partition coefficient (Wildman–Crippen LogP) is 1.26. The SMILES string of the molecule is CC(C)CNC(=O)C(C)C(O)C(O)C(Cc1cc(F)cc(F)c1)NC(=O)c1csc(NS(C)(=O)=O)n1. The third kappa shape index (κ3) is 9.08. The van der Waals surface area contributed by atoms with Gasteiger partial charge in [-0.1, -0.05) is 20.8 Å². The molecule has 2 rings (SSSR count). The summed E-state index contributed by atoms with van der Waals surface area (Å²) in [4.78, 5) is 29.1. The molecule has 0 radical (unpaired) electrons. The van der Waals surface area contributed by atoms with E-state index in [-0.39, 0.29) is 28.7 Å². The van der Waals surface area contributed by atoms with Crippen molar-refractivity contribution in [3.8, 4) is 0 Å². The van der Waals surface area contributed by atoms with Crippen molar-refractivity contribution in [1.82, 2.24) is 15.6 Å². The molecular weight excluding hydrogens is 518 g/mol. The first-order chi connectivity index (χ1) is 16.7. The van der Waals surface area contributed by atoms with Crippen LogP contribution in [-0.4, -0.2) is 66.5 Å². The quantitative estimate of drug-likeness (QED) is 0.267. The average molecular weight is 549 g/mol. The first-order valence-corrected chi connectivity index (χ1v) is 13.8. The third-order valence-corrected chi connectivity index (χ3v) is 6.53. The zero-order valence-corrected chi connectivity index (χ0v) is 21.8. The maximum absolute atomic E-state index is 13.7. The molecule has 0 saturated carbocycles. The molecular formula is C22H30F2N4O6S2. The normalized spacial score (nSPS) is 15.1. The highest BCUT2D eigenvalue weighted by molar-refractivity contribution is 7.92. The molecule has 0 fully saturated rings. The van der Waals surface area contributed by atoms with E-state index in [1.54, 1.807) is 0 Å². The summed E-state index contributed by atoms with van der Waals surface area (Å²) in [6.45, 7) is 5.51. The van der Waals surface area contributed by atoms with Crippen LogP contribution in [-0.2, 0) is 21.2 Å². The molecule has 200 valence electrons. The van der Waals surface area contributed by atoms with E-state index in [2.05, 4.69) is 20.3 Å². The van der Waals surface area contributed by atoms with Crippen molar-refractivity contribution in [2.45, 2.75) is 45.4 Å². The van der Waals surface area contributed by atoms with Gasteiger partial charge in [0.25, 0.3) is 5.91 Å². The summed E-state index contributed by atoms with van der Waals surface area (Å²) in [7, 11) is -3.63. The molecule has 4 atom stereocenters. The van der Waals surface area contributed by atoms with Gasteiger partial charge in [0.1, 0.15) is 23.4 Å². The molecule has 10 nitrogen and oxygen atoms in total. The fourth-order valence-electron chi connectivity index (χ4n) is 3.22. The van der Waals surface area contributed by atoms with E-state index in [0.717, 1.165) is 29.7 Å². The number of nitrogens with one attached hydrogen (secondary N) is 3. The van der Waals surface area contributed by atoms with Crippen LogP contribution in [0.1, 0.15) is 36.8 Å². The van der Waals surface area contributed by atoms with Gasteiger partial charge < -0.3 is 20.8 Å². The lowest BCUT2D eigenvalue weighted by Crippen LogP contribution is -2.53. The van der Waals surface area contributed by atoms with Crippen molar-refractivity contribution >= 4 is 38.3 Å². The van der Waals surface area contributed by atoms with Crippen molar-refractivity contribution in [3.05, 3.63) is 46.5 Å². The number of aliphatic hydroxyl groups excluding tert-OH is 2. The molecule has 0 aliphatic carbocycles. The van der Waals surface area contributed by atoms with Crippen LogP contribution in [0.25, 0.3) is 0 Å². The molecule has 14 heteroatoms. The molecule has 2 amide bonds. The molecule has 1 heterocycles. The monoisotopic (exact) mass is 548 g/mol. The zero-order valence-electron chi connectivity index (χ0n) is 20.2. The average Bonchev–Trinajstić information content (AvgIpc) is 3.21. The molecule has 0 saturated heterocycles. The van der Waals surface area contributed by atoms with Crippen LogP contribution in [0.4, 0.5) is 13.9 Å². The summed E-state index contributed by atoms with van der Waals surface area (Å²) in [6.07, 6.45) is -2.73. The summed E-state index contributed by atoms with van der Waals surface area (Å²) in [5, 5.41) is 27.9. The Labute approximate surface area is 212 Å². The lowest BCUT2D eigenvalue weighted by Gasteiger charge is -2.30. The van der Waals surface area contributed by atoms with Gasteiger partial charge in [0.2, 0.25) is 15.9 Å². The van der Waals surface area contributed by atoms with Gasteiger partial charge in [-0.15, -0.1) is 11.3 Å². The number of anilines is 1. The van der Waals surface area contributed by atoms with Crippen molar-refractivity contribution < 1.29 is 37.0 Å². The maximum atomic E-state index is 13.7. The largest absolute Gasteiger partial charge is 0.390 e. The van der Waals surface area contributed by atoms with E-state index in [9.17, 15) is 37.0 Å². The first-order valence-electron chi connectivity index (χ1n) is 11.0. The number of amides is 2. The summed E-state index contributed by atoms with van der Waals surface area (Å²) in [5.41, 5.74) is -0.107. The number of benzene rings is 1. The zero-order chi connectivity index (χ0) is 27.2. The molecule has 1 aromatic heterocycles. The summed E-state index contributed by atoms with van der Waals surface area (Å²) in [6, 6.07) is 1.39. The van der Waals surface area contributed by atoms with Gasteiger partial charge in [-0.3, -0.25) is 14.3 Å². The molecule has 2 aromatic rings. The number of hydrogen-bond acceptors (Lipinski definition) is 8.